The van der Waals surface area contributed by atoms with Crippen LogP contribution in [0.4, 0.5) is 5.69 Å². The van der Waals surface area contributed by atoms with E-state index in [-0.39, 0.29) is 10.9 Å². The number of rotatable bonds is 4. The van der Waals surface area contributed by atoms with Crippen LogP contribution >= 0.6 is 11.6 Å². The first-order valence-corrected chi connectivity index (χ1v) is 10.5. The maximum Gasteiger partial charge on any atom is 0.294 e. The maximum atomic E-state index is 11.3. The van der Waals surface area contributed by atoms with Crippen molar-refractivity contribution in [2.75, 3.05) is 5.01 Å². The Morgan fingerprint density at radius 2 is 1.57 bits per heavy atom. The molecule has 0 aliphatic carbocycles. The Morgan fingerprint density at radius 1 is 0.929 bits per heavy atom. The van der Waals surface area contributed by atoms with Gasteiger partial charge in [0.05, 0.1) is 22.3 Å². The third-order valence-corrected chi connectivity index (χ3v) is 5.79. The molecule has 1 aliphatic rings. The number of halogens is 1. The van der Waals surface area contributed by atoms with Gasteiger partial charge in [0.15, 0.2) is 0 Å². The summed E-state index contributed by atoms with van der Waals surface area (Å²) in [6, 6.07) is 23.6. The fraction of sp³-hybridized carbons (Fsp3) is 0.0952. The molecule has 1 heterocycles. The molecule has 1 atom stereocenters. The van der Waals surface area contributed by atoms with Gasteiger partial charge in [-0.05, 0) is 47.5 Å². The van der Waals surface area contributed by atoms with Gasteiger partial charge in [-0.15, -0.1) is 0 Å². The lowest BCUT2D eigenvalue weighted by Gasteiger charge is -2.24. The van der Waals surface area contributed by atoms with E-state index < -0.39 is 10.1 Å². The SMILES string of the molecule is O=S(=O)(O)c1ccc(N2N=C(c3ccc(Cl)cc3)CC2c2ccccc2)cc1. The number of hydrogen-bond acceptors (Lipinski definition) is 4. The lowest BCUT2D eigenvalue weighted by molar-refractivity contribution is 0.483. The highest BCUT2D eigenvalue weighted by Gasteiger charge is 2.30. The predicted molar refractivity (Wildman–Crippen MR) is 111 cm³/mol. The maximum absolute atomic E-state index is 11.3. The molecular weight excluding hydrogens is 396 g/mol. The number of anilines is 1. The van der Waals surface area contributed by atoms with E-state index in [9.17, 15) is 13.0 Å². The molecule has 0 fully saturated rings. The van der Waals surface area contributed by atoms with Gasteiger partial charge < -0.3 is 0 Å². The molecule has 0 saturated heterocycles. The Labute approximate surface area is 168 Å². The Balaban J connectivity index is 1.74. The van der Waals surface area contributed by atoms with E-state index in [0.717, 1.165) is 22.5 Å². The Morgan fingerprint density at radius 3 is 2.18 bits per heavy atom. The zero-order valence-electron chi connectivity index (χ0n) is 14.7. The summed E-state index contributed by atoms with van der Waals surface area (Å²) in [4.78, 5) is -0.145. The lowest BCUT2D eigenvalue weighted by Crippen LogP contribution is -2.18. The van der Waals surface area contributed by atoms with Crippen LogP contribution in [-0.4, -0.2) is 18.7 Å². The van der Waals surface area contributed by atoms with E-state index in [1.54, 1.807) is 12.1 Å². The van der Waals surface area contributed by atoms with E-state index in [4.69, 9.17) is 16.7 Å². The molecule has 0 spiro atoms. The first kappa shape index (κ1) is 18.7. The van der Waals surface area contributed by atoms with Crippen LogP contribution in [0.15, 0.2) is 88.9 Å². The van der Waals surface area contributed by atoms with Gasteiger partial charge in [-0.25, -0.2) is 0 Å². The van der Waals surface area contributed by atoms with Gasteiger partial charge in [0.2, 0.25) is 0 Å². The van der Waals surface area contributed by atoms with Crippen LogP contribution in [-0.2, 0) is 10.1 Å². The van der Waals surface area contributed by atoms with Crippen molar-refractivity contribution in [3.63, 3.8) is 0 Å². The molecule has 5 nitrogen and oxygen atoms in total. The molecule has 28 heavy (non-hydrogen) atoms. The second kappa shape index (κ2) is 7.39. The third-order valence-electron chi connectivity index (χ3n) is 4.67. The summed E-state index contributed by atoms with van der Waals surface area (Å²) in [6.07, 6.45) is 0.700. The van der Waals surface area contributed by atoms with Crippen LogP contribution < -0.4 is 5.01 Å². The fourth-order valence-corrected chi connectivity index (χ4v) is 3.88. The van der Waals surface area contributed by atoms with Gasteiger partial charge in [-0.3, -0.25) is 9.56 Å². The van der Waals surface area contributed by atoms with Crippen molar-refractivity contribution in [3.05, 3.63) is 95.0 Å². The second-order valence-electron chi connectivity index (χ2n) is 6.50. The van der Waals surface area contributed by atoms with E-state index in [0.29, 0.717) is 11.4 Å². The summed E-state index contributed by atoms with van der Waals surface area (Å²) < 4.78 is 31.8. The van der Waals surface area contributed by atoms with Crippen LogP contribution in [0.3, 0.4) is 0 Å². The van der Waals surface area contributed by atoms with Crippen LogP contribution in [0.2, 0.25) is 5.02 Å². The highest BCUT2D eigenvalue weighted by atomic mass is 35.5. The van der Waals surface area contributed by atoms with Crippen molar-refractivity contribution >= 4 is 33.1 Å². The minimum absolute atomic E-state index is 0.0246. The number of hydrazone groups is 1. The minimum atomic E-state index is -4.23. The number of benzene rings is 3. The van der Waals surface area contributed by atoms with E-state index >= 15 is 0 Å². The Kier molecular flexibility index (Phi) is 4.93. The molecule has 142 valence electrons. The molecule has 0 radical (unpaired) electrons. The van der Waals surface area contributed by atoms with E-state index in [2.05, 4.69) is 0 Å². The summed E-state index contributed by atoms with van der Waals surface area (Å²) in [5, 5.41) is 7.35. The summed E-state index contributed by atoms with van der Waals surface area (Å²) in [5.41, 5.74) is 3.76. The van der Waals surface area contributed by atoms with Crippen molar-refractivity contribution < 1.29 is 13.0 Å². The van der Waals surface area contributed by atoms with Crippen LogP contribution in [0, 0.1) is 0 Å². The van der Waals surface area contributed by atoms with Gasteiger partial charge >= 0.3 is 0 Å². The molecule has 0 bridgehead atoms. The van der Waals surface area contributed by atoms with Crippen LogP contribution in [0.5, 0.6) is 0 Å². The molecular formula is C21H17ClN2O3S. The second-order valence-corrected chi connectivity index (χ2v) is 8.36. The summed E-state index contributed by atoms with van der Waals surface area (Å²) in [7, 11) is -4.23. The number of nitrogens with zero attached hydrogens (tertiary/aromatic N) is 2. The average Bonchev–Trinajstić information content (AvgIpc) is 3.14. The fourth-order valence-electron chi connectivity index (χ4n) is 3.27. The first-order valence-electron chi connectivity index (χ1n) is 8.67. The molecule has 0 saturated carbocycles. The van der Waals surface area contributed by atoms with Crippen molar-refractivity contribution in [2.24, 2.45) is 5.10 Å². The van der Waals surface area contributed by atoms with Gasteiger partial charge in [-0.2, -0.15) is 13.5 Å². The van der Waals surface area contributed by atoms with Crippen molar-refractivity contribution in [1.29, 1.82) is 0 Å². The van der Waals surface area contributed by atoms with Gasteiger partial charge in [-0.1, -0.05) is 54.1 Å². The van der Waals surface area contributed by atoms with Crippen molar-refractivity contribution in [2.45, 2.75) is 17.4 Å². The van der Waals surface area contributed by atoms with Crippen molar-refractivity contribution in [1.82, 2.24) is 0 Å². The summed E-state index contributed by atoms with van der Waals surface area (Å²) in [5.74, 6) is 0. The van der Waals surface area contributed by atoms with E-state index in [1.165, 1.54) is 12.1 Å². The number of hydrogen-bond donors (Lipinski definition) is 1. The van der Waals surface area contributed by atoms with E-state index in [1.807, 2.05) is 59.6 Å². The molecule has 7 heteroatoms. The van der Waals surface area contributed by atoms with Crippen LogP contribution in [0.25, 0.3) is 0 Å². The first-order chi connectivity index (χ1) is 13.4. The highest BCUT2D eigenvalue weighted by Crippen LogP contribution is 2.37. The Bertz CT molecular complexity index is 1110. The van der Waals surface area contributed by atoms with Gasteiger partial charge in [0.25, 0.3) is 10.1 Å². The van der Waals surface area contributed by atoms with Crippen molar-refractivity contribution in [3.8, 4) is 0 Å². The molecule has 1 N–H and O–H groups in total. The monoisotopic (exact) mass is 412 g/mol. The topological polar surface area (TPSA) is 70.0 Å². The normalized spacial score (nSPS) is 16.9. The third kappa shape index (κ3) is 3.80. The largest absolute Gasteiger partial charge is 0.294 e. The zero-order valence-corrected chi connectivity index (χ0v) is 16.3. The summed E-state index contributed by atoms with van der Waals surface area (Å²) in [6.45, 7) is 0. The lowest BCUT2D eigenvalue weighted by atomic mass is 9.98. The minimum Gasteiger partial charge on any atom is -0.282 e. The zero-order chi connectivity index (χ0) is 19.7. The highest BCUT2D eigenvalue weighted by molar-refractivity contribution is 7.85. The molecule has 1 aliphatic heterocycles. The van der Waals surface area contributed by atoms with Gasteiger partial charge in [0.1, 0.15) is 0 Å². The van der Waals surface area contributed by atoms with Crippen LogP contribution in [0.1, 0.15) is 23.6 Å². The molecule has 4 rings (SSSR count). The average molecular weight is 413 g/mol. The molecule has 3 aromatic carbocycles. The molecule has 3 aromatic rings. The predicted octanol–water partition coefficient (Wildman–Crippen LogP) is 4.94. The molecule has 0 aromatic heterocycles. The Hall–Kier alpha value is -2.67. The standard InChI is InChI=1S/C21H17ClN2O3S/c22-17-8-6-15(7-9-17)20-14-21(16-4-2-1-3-5-16)24(23-20)18-10-12-19(13-11-18)28(25,26)27/h1-13,21H,14H2,(H,25,26,27). The summed E-state index contributed by atoms with van der Waals surface area (Å²) >= 11 is 6.00. The molecule has 1 unspecified atom stereocenters. The molecule has 0 amide bonds. The van der Waals surface area contributed by atoms with Gasteiger partial charge in [0, 0.05) is 11.4 Å². The quantitative estimate of drug-likeness (QED) is 0.616. The smallest absolute Gasteiger partial charge is 0.282 e.